The first-order valence-electron chi connectivity index (χ1n) is 10.2. The smallest absolute Gasteiger partial charge is 0.272 e. The summed E-state index contributed by atoms with van der Waals surface area (Å²) < 4.78 is 31.5. The zero-order valence-corrected chi connectivity index (χ0v) is 19.4. The second-order valence-electron chi connectivity index (χ2n) is 7.20. The quantitative estimate of drug-likeness (QED) is 0.341. The van der Waals surface area contributed by atoms with E-state index in [2.05, 4.69) is 19.9 Å². The standard InChI is InChI=1S/C23H18N4O3.CH4O3S/c28-22-20(12-16-6-2-1-3-7-16)26-23(29)21(27-22)13-17-9-10-19(14-25-17)30-15-18-8-4-5-11-24-18;1-5(2,3)4/h1-14H,15H2,(H,26,29)(H,27,28);1H3,(H,2,3,4). The first kappa shape index (κ1) is 25.3. The zero-order valence-electron chi connectivity index (χ0n) is 18.6. The molecule has 0 aliphatic rings. The number of nitrogens with zero attached hydrogens (tertiary/aromatic N) is 2. The normalized spacial score (nSPS) is 12.1. The fourth-order valence-electron chi connectivity index (χ4n) is 2.76. The molecule has 0 unspecified atom stereocenters. The molecule has 0 radical (unpaired) electrons. The molecule has 0 amide bonds. The van der Waals surface area contributed by atoms with E-state index in [1.165, 1.54) is 6.08 Å². The van der Waals surface area contributed by atoms with Gasteiger partial charge < -0.3 is 14.7 Å². The SMILES string of the molecule is CS(=O)(=O)O.O=c1[nH]c(=Cc2ccc(OCc3ccccn3)cn2)c(=O)[nH]c1=Cc1ccccc1. The van der Waals surface area contributed by atoms with Gasteiger partial charge in [-0.1, -0.05) is 36.4 Å². The molecule has 0 spiro atoms. The molecule has 180 valence electrons. The van der Waals surface area contributed by atoms with Crippen LogP contribution in [0.3, 0.4) is 0 Å². The van der Waals surface area contributed by atoms with Crippen molar-refractivity contribution in [1.82, 2.24) is 19.9 Å². The predicted molar refractivity (Wildman–Crippen MR) is 131 cm³/mol. The van der Waals surface area contributed by atoms with Crippen molar-refractivity contribution in [1.29, 1.82) is 0 Å². The number of rotatable bonds is 5. The highest BCUT2D eigenvalue weighted by atomic mass is 32.2. The van der Waals surface area contributed by atoms with Gasteiger partial charge in [-0.25, -0.2) is 0 Å². The minimum absolute atomic E-state index is 0.125. The van der Waals surface area contributed by atoms with Gasteiger partial charge in [-0.2, -0.15) is 8.42 Å². The molecule has 11 heteroatoms. The minimum Gasteiger partial charge on any atom is -0.486 e. The van der Waals surface area contributed by atoms with Crippen LogP contribution in [0.15, 0.2) is 82.6 Å². The van der Waals surface area contributed by atoms with Gasteiger partial charge in [0.05, 0.1) is 23.8 Å². The highest BCUT2D eigenvalue weighted by molar-refractivity contribution is 7.85. The van der Waals surface area contributed by atoms with Crippen LogP contribution in [0.5, 0.6) is 5.75 Å². The van der Waals surface area contributed by atoms with E-state index >= 15 is 0 Å². The van der Waals surface area contributed by atoms with Gasteiger partial charge in [0.1, 0.15) is 23.1 Å². The molecule has 0 aliphatic carbocycles. The summed E-state index contributed by atoms with van der Waals surface area (Å²) in [6.07, 6.45) is 7.10. The molecule has 10 nitrogen and oxygen atoms in total. The lowest BCUT2D eigenvalue weighted by atomic mass is 10.2. The molecule has 0 saturated carbocycles. The maximum absolute atomic E-state index is 12.4. The number of H-pyrrole nitrogens is 2. The maximum Gasteiger partial charge on any atom is 0.272 e. The second kappa shape index (κ2) is 11.7. The minimum atomic E-state index is -3.67. The van der Waals surface area contributed by atoms with Gasteiger partial charge in [0.15, 0.2) is 0 Å². The van der Waals surface area contributed by atoms with E-state index in [-0.39, 0.29) is 16.3 Å². The lowest BCUT2D eigenvalue weighted by Gasteiger charge is -2.05. The first-order valence-corrected chi connectivity index (χ1v) is 12.0. The summed E-state index contributed by atoms with van der Waals surface area (Å²) in [6, 6.07) is 18.3. The Kier molecular flexibility index (Phi) is 8.43. The Labute approximate surface area is 200 Å². The third-order valence-corrected chi connectivity index (χ3v) is 4.26. The summed E-state index contributed by atoms with van der Waals surface area (Å²) >= 11 is 0. The van der Waals surface area contributed by atoms with E-state index < -0.39 is 15.7 Å². The lowest BCUT2D eigenvalue weighted by molar-refractivity contribution is 0.300. The summed E-state index contributed by atoms with van der Waals surface area (Å²) in [5, 5.41) is 0.314. The Morgan fingerprint density at radius 2 is 1.51 bits per heavy atom. The molecule has 0 atom stereocenters. The molecular formula is C24H22N4O6S. The van der Waals surface area contributed by atoms with Crippen LogP contribution in [0.25, 0.3) is 12.2 Å². The number of ether oxygens (including phenoxy) is 1. The van der Waals surface area contributed by atoms with Crippen LogP contribution in [-0.2, 0) is 16.7 Å². The highest BCUT2D eigenvalue weighted by Gasteiger charge is 2.00. The van der Waals surface area contributed by atoms with E-state index in [1.54, 1.807) is 30.6 Å². The summed E-state index contributed by atoms with van der Waals surface area (Å²) in [4.78, 5) is 38.4. The monoisotopic (exact) mass is 494 g/mol. The van der Waals surface area contributed by atoms with Crippen LogP contribution in [0.2, 0.25) is 0 Å². The topological polar surface area (TPSA) is 155 Å². The number of pyridine rings is 2. The molecule has 3 heterocycles. The fraction of sp³-hybridized carbons (Fsp3) is 0.0833. The van der Waals surface area contributed by atoms with E-state index in [0.717, 1.165) is 11.3 Å². The third-order valence-electron chi connectivity index (χ3n) is 4.26. The van der Waals surface area contributed by atoms with E-state index in [4.69, 9.17) is 9.29 Å². The molecule has 0 saturated heterocycles. The molecule has 0 fully saturated rings. The Hall–Kier alpha value is -4.35. The van der Waals surface area contributed by atoms with Gasteiger partial charge in [0.2, 0.25) is 0 Å². The number of nitrogens with one attached hydrogen (secondary N) is 2. The van der Waals surface area contributed by atoms with Gasteiger partial charge in [0, 0.05) is 6.20 Å². The molecular weight excluding hydrogens is 472 g/mol. The molecule has 3 N–H and O–H groups in total. The molecule has 1 aromatic carbocycles. The van der Waals surface area contributed by atoms with Crippen molar-refractivity contribution in [2.45, 2.75) is 6.61 Å². The Bertz CT molecular complexity index is 1590. The van der Waals surface area contributed by atoms with Crippen LogP contribution in [0.4, 0.5) is 0 Å². The highest BCUT2D eigenvalue weighted by Crippen LogP contribution is 2.11. The first-order chi connectivity index (χ1) is 16.7. The summed E-state index contributed by atoms with van der Waals surface area (Å²) in [6.45, 7) is 0.331. The van der Waals surface area contributed by atoms with Crippen LogP contribution in [0, 0.1) is 0 Å². The van der Waals surface area contributed by atoms with Gasteiger partial charge in [0.25, 0.3) is 21.2 Å². The van der Waals surface area contributed by atoms with Crippen LogP contribution in [-0.4, -0.2) is 39.2 Å². The molecule has 35 heavy (non-hydrogen) atoms. The van der Waals surface area contributed by atoms with Crippen molar-refractivity contribution in [3.05, 3.63) is 121 Å². The average molecular weight is 495 g/mol. The number of hydrogen-bond acceptors (Lipinski definition) is 7. The Balaban J connectivity index is 0.000000623. The largest absolute Gasteiger partial charge is 0.486 e. The lowest BCUT2D eigenvalue weighted by Crippen LogP contribution is -2.46. The maximum atomic E-state index is 12.4. The second-order valence-corrected chi connectivity index (χ2v) is 8.66. The fourth-order valence-corrected chi connectivity index (χ4v) is 2.76. The van der Waals surface area contributed by atoms with Crippen molar-refractivity contribution in [2.75, 3.05) is 6.26 Å². The van der Waals surface area contributed by atoms with E-state index in [1.807, 2.05) is 48.5 Å². The van der Waals surface area contributed by atoms with Crippen LogP contribution < -0.4 is 26.6 Å². The molecule has 4 aromatic rings. The summed E-state index contributed by atoms with van der Waals surface area (Å²) in [7, 11) is -3.67. The van der Waals surface area contributed by atoms with Gasteiger partial charge >= 0.3 is 0 Å². The van der Waals surface area contributed by atoms with Crippen molar-refractivity contribution in [3.8, 4) is 5.75 Å². The number of aromatic amines is 2. The predicted octanol–water partition coefficient (Wildman–Crippen LogP) is 0.594. The van der Waals surface area contributed by atoms with Crippen LogP contribution in [0.1, 0.15) is 17.0 Å². The Morgan fingerprint density at radius 3 is 2.09 bits per heavy atom. The number of hydrogen-bond donors (Lipinski definition) is 3. The zero-order chi connectivity index (χ0) is 25.3. The van der Waals surface area contributed by atoms with E-state index in [9.17, 15) is 18.0 Å². The number of benzene rings is 1. The molecule has 3 aromatic heterocycles. The van der Waals surface area contributed by atoms with E-state index in [0.29, 0.717) is 24.3 Å². The van der Waals surface area contributed by atoms with Crippen molar-refractivity contribution in [2.24, 2.45) is 0 Å². The van der Waals surface area contributed by atoms with Crippen molar-refractivity contribution in [3.63, 3.8) is 0 Å². The molecule has 0 aliphatic heterocycles. The van der Waals surface area contributed by atoms with Gasteiger partial charge in [-0.05, 0) is 42.0 Å². The summed E-state index contributed by atoms with van der Waals surface area (Å²) in [5.41, 5.74) is 1.35. The molecule has 0 bridgehead atoms. The molecule has 4 rings (SSSR count). The third kappa shape index (κ3) is 8.84. The van der Waals surface area contributed by atoms with Crippen molar-refractivity contribution < 1.29 is 17.7 Å². The average Bonchev–Trinajstić information content (AvgIpc) is 2.82. The van der Waals surface area contributed by atoms with Crippen molar-refractivity contribution >= 4 is 22.3 Å². The van der Waals surface area contributed by atoms with Gasteiger partial charge in [-0.3, -0.25) is 24.1 Å². The van der Waals surface area contributed by atoms with Gasteiger partial charge in [-0.15, -0.1) is 0 Å². The summed E-state index contributed by atoms with van der Waals surface area (Å²) in [5.74, 6) is 0.577. The number of aromatic nitrogens is 4. The Morgan fingerprint density at radius 1 is 0.886 bits per heavy atom. The van der Waals surface area contributed by atoms with Crippen LogP contribution >= 0.6 is 0 Å².